The van der Waals surface area contributed by atoms with Crippen molar-refractivity contribution in [3.05, 3.63) is 42.0 Å². The number of benzene rings is 1. The third-order valence-electron chi connectivity index (χ3n) is 4.12. The van der Waals surface area contributed by atoms with Gasteiger partial charge in [-0.1, -0.05) is 30.3 Å². The number of carbonyl (C=O) groups excluding carboxylic acids is 1. The minimum absolute atomic E-state index is 0.125. The average Bonchev–Trinajstić information content (AvgIpc) is 2.45. The van der Waals surface area contributed by atoms with Crippen LogP contribution in [0.15, 0.2) is 36.4 Å². The zero-order valence-corrected chi connectivity index (χ0v) is 11.7. The predicted molar refractivity (Wildman–Crippen MR) is 80.3 cm³/mol. The Hall–Kier alpha value is -1.65. The summed E-state index contributed by atoms with van der Waals surface area (Å²) in [6.45, 7) is 5.88. The van der Waals surface area contributed by atoms with Crippen molar-refractivity contribution in [1.82, 2.24) is 15.1 Å². The van der Waals surface area contributed by atoms with Crippen LogP contribution < -0.4 is 5.32 Å². The summed E-state index contributed by atoms with van der Waals surface area (Å²) in [5.74, 6) is 0.125. The van der Waals surface area contributed by atoms with Crippen LogP contribution in [0.5, 0.6) is 0 Å². The van der Waals surface area contributed by atoms with Gasteiger partial charge in [0, 0.05) is 51.4 Å². The molecular formula is C16H21N3O. The Morgan fingerprint density at radius 2 is 1.80 bits per heavy atom. The van der Waals surface area contributed by atoms with Crippen LogP contribution in [0.3, 0.4) is 0 Å². The lowest BCUT2D eigenvalue weighted by atomic mass is 10.1. The lowest BCUT2D eigenvalue weighted by molar-refractivity contribution is -0.128. The van der Waals surface area contributed by atoms with Crippen LogP contribution >= 0.6 is 0 Å². The van der Waals surface area contributed by atoms with Crippen LogP contribution in [-0.2, 0) is 4.79 Å². The van der Waals surface area contributed by atoms with E-state index in [1.54, 1.807) is 6.08 Å². The molecule has 1 aromatic rings. The van der Waals surface area contributed by atoms with Gasteiger partial charge in [-0.05, 0) is 11.6 Å². The zero-order chi connectivity index (χ0) is 13.8. The quantitative estimate of drug-likeness (QED) is 0.827. The minimum atomic E-state index is 0.125. The van der Waals surface area contributed by atoms with Gasteiger partial charge in [0.15, 0.2) is 0 Å². The fourth-order valence-corrected chi connectivity index (χ4v) is 2.68. The van der Waals surface area contributed by atoms with Crippen molar-refractivity contribution in [1.29, 1.82) is 0 Å². The van der Waals surface area contributed by atoms with Gasteiger partial charge in [-0.15, -0.1) is 0 Å². The van der Waals surface area contributed by atoms with Gasteiger partial charge in [0.25, 0.3) is 0 Å². The van der Waals surface area contributed by atoms with Gasteiger partial charge in [-0.25, -0.2) is 0 Å². The fourth-order valence-electron chi connectivity index (χ4n) is 2.68. The summed E-state index contributed by atoms with van der Waals surface area (Å²) in [4.78, 5) is 16.6. The normalized spacial score (nSPS) is 21.1. The molecule has 106 valence electrons. The van der Waals surface area contributed by atoms with E-state index < -0.39 is 0 Å². The van der Waals surface area contributed by atoms with E-state index in [2.05, 4.69) is 10.2 Å². The number of amides is 1. The van der Waals surface area contributed by atoms with Gasteiger partial charge < -0.3 is 10.2 Å². The number of hydrogen-bond acceptors (Lipinski definition) is 3. The van der Waals surface area contributed by atoms with E-state index in [4.69, 9.17) is 0 Å². The van der Waals surface area contributed by atoms with Crippen LogP contribution in [0.1, 0.15) is 5.56 Å². The predicted octanol–water partition coefficient (Wildman–Crippen LogP) is 0.816. The van der Waals surface area contributed by atoms with Gasteiger partial charge in [0.1, 0.15) is 0 Å². The molecule has 2 fully saturated rings. The molecule has 0 aliphatic carbocycles. The summed E-state index contributed by atoms with van der Waals surface area (Å²) in [5.41, 5.74) is 1.07. The number of carbonyl (C=O) groups is 1. The van der Waals surface area contributed by atoms with Crippen molar-refractivity contribution in [2.75, 3.05) is 39.3 Å². The minimum Gasteiger partial charge on any atom is -0.337 e. The summed E-state index contributed by atoms with van der Waals surface area (Å²) in [7, 11) is 0. The highest BCUT2D eigenvalue weighted by atomic mass is 16.2. The lowest BCUT2D eigenvalue weighted by Crippen LogP contribution is -2.61. The molecule has 0 spiro atoms. The molecule has 0 unspecified atom stereocenters. The van der Waals surface area contributed by atoms with Crippen molar-refractivity contribution in [2.45, 2.75) is 6.04 Å². The van der Waals surface area contributed by atoms with Crippen LogP contribution in [0, 0.1) is 0 Å². The summed E-state index contributed by atoms with van der Waals surface area (Å²) in [6.07, 6.45) is 3.58. The second kappa shape index (κ2) is 6.20. The van der Waals surface area contributed by atoms with Gasteiger partial charge in [0.2, 0.25) is 5.91 Å². The number of nitrogens with zero attached hydrogens (tertiary/aromatic N) is 2. The first-order valence-corrected chi connectivity index (χ1v) is 7.30. The summed E-state index contributed by atoms with van der Waals surface area (Å²) >= 11 is 0. The highest BCUT2D eigenvalue weighted by Gasteiger charge is 2.28. The molecule has 0 radical (unpaired) electrons. The van der Waals surface area contributed by atoms with Gasteiger partial charge in [-0.2, -0.15) is 0 Å². The molecule has 0 bridgehead atoms. The van der Waals surface area contributed by atoms with Crippen molar-refractivity contribution in [3.8, 4) is 0 Å². The highest BCUT2D eigenvalue weighted by molar-refractivity contribution is 5.91. The molecule has 2 saturated heterocycles. The molecule has 4 heteroatoms. The van der Waals surface area contributed by atoms with Crippen LogP contribution in [0.2, 0.25) is 0 Å². The number of rotatable bonds is 3. The molecule has 20 heavy (non-hydrogen) atoms. The third-order valence-corrected chi connectivity index (χ3v) is 4.12. The van der Waals surface area contributed by atoms with E-state index in [9.17, 15) is 4.79 Å². The van der Waals surface area contributed by atoms with E-state index in [1.165, 1.54) is 0 Å². The SMILES string of the molecule is O=C(C=Cc1ccccc1)N1CCN(C2CNC2)CC1. The monoisotopic (exact) mass is 271 g/mol. The Kier molecular flexibility index (Phi) is 4.14. The topological polar surface area (TPSA) is 35.6 Å². The van der Waals surface area contributed by atoms with Gasteiger partial charge >= 0.3 is 0 Å². The summed E-state index contributed by atoms with van der Waals surface area (Å²) in [5, 5.41) is 3.30. The molecule has 2 aliphatic heterocycles. The molecular weight excluding hydrogens is 250 g/mol. The van der Waals surface area contributed by atoms with E-state index >= 15 is 0 Å². The van der Waals surface area contributed by atoms with Gasteiger partial charge in [-0.3, -0.25) is 9.69 Å². The highest BCUT2D eigenvalue weighted by Crippen LogP contribution is 2.10. The molecule has 0 saturated carbocycles. The van der Waals surface area contributed by atoms with Crippen LogP contribution in [-0.4, -0.2) is 61.0 Å². The maximum Gasteiger partial charge on any atom is 0.246 e. The number of piperazine rings is 1. The fraction of sp³-hybridized carbons (Fsp3) is 0.438. The molecule has 0 atom stereocenters. The Balaban J connectivity index is 1.50. The summed E-state index contributed by atoms with van der Waals surface area (Å²) < 4.78 is 0. The standard InChI is InChI=1S/C16H21N3O/c20-16(7-6-14-4-2-1-3-5-14)19-10-8-18(9-11-19)15-12-17-13-15/h1-7,15,17H,8-13H2. The molecule has 4 nitrogen and oxygen atoms in total. The molecule has 0 aromatic heterocycles. The Bertz CT molecular complexity index is 474. The largest absolute Gasteiger partial charge is 0.337 e. The third kappa shape index (κ3) is 3.08. The molecule has 2 heterocycles. The smallest absolute Gasteiger partial charge is 0.246 e. The first-order chi connectivity index (χ1) is 9.83. The number of hydrogen-bond donors (Lipinski definition) is 1. The molecule has 1 amide bonds. The zero-order valence-electron chi connectivity index (χ0n) is 11.7. The first kappa shape index (κ1) is 13.3. The van der Waals surface area contributed by atoms with E-state index in [0.717, 1.165) is 44.8 Å². The molecule has 1 N–H and O–H groups in total. The van der Waals surface area contributed by atoms with E-state index in [-0.39, 0.29) is 5.91 Å². The van der Waals surface area contributed by atoms with Crippen LogP contribution in [0.25, 0.3) is 6.08 Å². The van der Waals surface area contributed by atoms with Crippen molar-refractivity contribution < 1.29 is 4.79 Å². The van der Waals surface area contributed by atoms with Crippen molar-refractivity contribution in [2.24, 2.45) is 0 Å². The Morgan fingerprint density at radius 3 is 2.40 bits per heavy atom. The summed E-state index contributed by atoms with van der Waals surface area (Å²) in [6, 6.07) is 10.6. The van der Waals surface area contributed by atoms with Crippen molar-refractivity contribution in [3.63, 3.8) is 0 Å². The van der Waals surface area contributed by atoms with Crippen molar-refractivity contribution >= 4 is 12.0 Å². The lowest BCUT2D eigenvalue weighted by Gasteiger charge is -2.43. The first-order valence-electron chi connectivity index (χ1n) is 7.30. The average molecular weight is 271 g/mol. The van der Waals surface area contributed by atoms with E-state index in [0.29, 0.717) is 6.04 Å². The Morgan fingerprint density at radius 1 is 1.10 bits per heavy atom. The van der Waals surface area contributed by atoms with E-state index in [1.807, 2.05) is 41.3 Å². The second-order valence-electron chi connectivity index (χ2n) is 5.42. The molecule has 1 aromatic carbocycles. The molecule has 2 aliphatic rings. The van der Waals surface area contributed by atoms with Gasteiger partial charge in [0.05, 0.1) is 0 Å². The molecule has 3 rings (SSSR count). The maximum atomic E-state index is 12.1. The number of nitrogens with one attached hydrogen (secondary N) is 1. The Labute approximate surface area is 120 Å². The second-order valence-corrected chi connectivity index (χ2v) is 5.42. The van der Waals surface area contributed by atoms with Crippen LogP contribution in [0.4, 0.5) is 0 Å². The maximum absolute atomic E-state index is 12.1.